The van der Waals surface area contributed by atoms with E-state index >= 15 is 4.39 Å². The lowest BCUT2D eigenvalue weighted by atomic mass is 9.98. The van der Waals surface area contributed by atoms with Crippen molar-refractivity contribution in [3.05, 3.63) is 64.4 Å². The normalized spacial score (nSPS) is 14.6. The maximum absolute atomic E-state index is 15.2. The highest BCUT2D eigenvalue weighted by Crippen LogP contribution is 2.45. The van der Waals surface area contributed by atoms with Crippen molar-refractivity contribution < 1.29 is 18.7 Å². The van der Waals surface area contributed by atoms with Crippen molar-refractivity contribution in [1.82, 2.24) is 14.7 Å². The maximum atomic E-state index is 15.2. The van der Waals surface area contributed by atoms with Gasteiger partial charge in [0.05, 0.1) is 34.8 Å². The van der Waals surface area contributed by atoms with Gasteiger partial charge in [0.25, 0.3) is 0 Å². The van der Waals surface area contributed by atoms with Gasteiger partial charge in [0.15, 0.2) is 0 Å². The summed E-state index contributed by atoms with van der Waals surface area (Å²) < 4.78 is 31.3. The minimum atomic E-state index is -1.10. The van der Waals surface area contributed by atoms with Crippen LogP contribution in [0.15, 0.2) is 30.3 Å². The molecule has 32 heavy (non-hydrogen) atoms. The van der Waals surface area contributed by atoms with Crippen LogP contribution in [-0.4, -0.2) is 25.9 Å². The SMILES string of the molecule is CCc1cccc(CC)c1-n1nc2c(c1-c1cc(F)c(N)cc1F)CN(C(=O)O)C2(C)C. The Balaban J connectivity index is 2.11. The second-order valence-corrected chi connectivity index (χ2v) is 8.50. The average Bonchev–Trinajstić information content (AvgIpc) is 3.24. The molecule has 0 spiro atoms. The number of carboxylic acid groups (broad SMARTS) is 1. The minimum absolute atomic E-state index is 0.00134. The van der Waals surface area contributed by atoms with Gasteiger partial charge in [-0.15, -0.1) is 0 Å². The third-order valence-electron chi connectivity index (χ3n) is 6.30. The molecule has 0 radical (unpaired) electrons. The summed E-state index contributed by atoms with van der Waals surface area (Å²) in [6, 6.07) is 7.96. The second-order valence-electron chi connectivity index (χ2n) is 8.50. The number of aromatic nitrogens is 2. The Morgan fingerprint density at radius 2 is 1.78 bits per heavy atom. The van der Waals surface area contributed by atoms with Crippen molar-refractivity contribution in [2.45, 2.75) is 52.6 Å². The number of benzene rings is 2. The average molecular weight is 440 g/mol. The van der Waals surface area contributed by atoms with Gasteiger partial charge in [-0.1, -0.05) is 32.0 Å². The van der Waals surface area contributed by atoms with E-state index in [0.717, 1.165) is 41.8 Å². The van der Waals surface area contributed by atoms with Gasteiger partial charge in [-0.05, 0) is 43.9 Å². The Hall–Kier alpha value is -3.42. The molecule has 1 aromatic heterocycles. The van der Waals surface area contributed by atoms with Crippen LogP contribution < -0.4 is 5.73 Å². The fourth-order valence-electron chi connectivity index (χ4n) is 4.55. The Labute approximate surface area is 185 Å². The standard InChI is InChI=1S/C24H26F2N4O2/c1-5-13-8-7-9-14(6-2)20(13)30-21(15-10-18(26)19(27)11-17(15)25)16-12-29(23(31)32)24(3,4)22(16)28-30/h7-11H,5-6,12,27H2,1-4H3,(H,31,32). The van der Waals surface area contributed by atoms with E-state index in [1.807, 2.05) is 32.0 Å². The van der Waals surface area contributed by atoms with Gasteiger partial charge in [-0.25, -0.2) is 18.3 Å². The minimum Gasteiger partial charge on any atom is -0.465 e. The van der Waals surface area contributed by atoms with Crippen molar-refractivity contribution in [2.75, 3.05) is 5.73 Å². The molecule has 3 N–H and O–H groups in total. The molecule has 168 valence electrons. The van der Waals surface area contributed by atoms with Crippen molar-refractivity contribution in [2.24, 2.45) is 0 Å². The van der Waals surface area contributed by atoms with Crippen LogP contribution in [0.3, 0.4) is 0 Å². The van der Waals surface area contributed by atoms with Crippen LogP contribution in [0, 0.1) is 11.6 Å². The van der Waals surface area contributed by atoms with Gasteiger partial charge in [0.1, 0.15) is 11.6 Å². The molecule has 4 rings (SSSR count). The number of nitrogens with zero attached hydrogens (tertiary/aromatic N) is 3. The van der Waals surface area contributed by atoms with Gasteiger partial charge in [0.2, 0.25) is 0 Å². The van der Waals surface area contributed by atoms with E-state index in [1.54, 1.807) is 18.5 Å². The van der Waals surface area contributed by atoms with Gasteiger partial charge < -0.3 is 10.8 Å². The Morgan fingerprint density at radius 1 is 1.16 bits per heavy atom. The molecule has 1 aliphatic heterocycles. The van der Waals surface area contributed by atoms with Crippen LogP contribution in [-0.2, 0) is 24.9 Å². The lowest BCUT2D eigenvalue weighted by Crippen LogP contribution is -2.40. The van der Waals surface area contributed by atoms with Gasteiger partial charge in [0, 0.05) is 17.2 Å². The van der Waals surface area contributed by atoms with E-state index in [4.69, 9.17) is 10.8 Å². The Morgan fingerprint density at radius 3 is 2.34 bits per heavy atom. The number of anilines is 1. The summed E-state index contributed by atoms with van der Waals surface area (Å²) in [5.74, 6) is -1.43. The molecule has 0 saturated heterocycles. The summed E-state index contributed by atoms with van der Waals surface area (Å²) >= 11 is 0. The first kappa shape index (κ1) is 21.8. The number of carbonyl (C=O) groups is 1. The summed E-state index contributed by atoms with van der Waals surface area (Å²) in [6.07, 6.45) is 0.338. The molecule has 0 aliphatic carbocycles. The number of aryl methyl sites for hydroxylation is 2. The van der Waals surface area contributed by atoms with E-state index in [2.05, 4.69) is 0 Å². The molecule has 6 nitrogen and oxygen atoms in total. The Kier molecular flexibility index (Phi) is 5.19. The topological polar surface area (TPSA) is 84.4 Å². The van der Waals surface area contributed by atoms with E-state index in [-0.39, 0.29) is 17.8 Å². The number of halogens is 2. The first-order chi connectivity index (χ1) is 15.1. The number of nitrogens with two attached hydrogens (primary N) is 1. The summed E-state index contributed by atoms with van der Waals surface area (Å²) in [5, 5.41) is 14.6. The number of nitrogen functional groups attached to an aromatic ring is 1. The van der Waals surface area contributed by atoms with E-state index < -0.39 is 23.3 Å². The van der Waals surface area contributed by atoms with Crippen LogP contribution in [0.4, 0.5) is 19.3 Å². The van der Waals surface area contributed by atoms with E-state index in [0.29, 0.717) is 17.0 Å². The second kappa shape index (κ2) is 7.62. The van der Waals surface area contributed by atoms with Gasteiger partial charge >= 0.3 is 6.09 Å². The number of hydrogen-bond acceptors (Lipinski definition) is 3. The number of rotatable bonds is 4. The summed E-state index contributed by atoms with van der Waals surface area (Å²) in [6.45, 7) is 7.60. The zero-order chi connectivity index (χ0) is 23.4. The highest BCUT2D eigenvalue weighted by Gasteiger charge is 2.46. The van der Waals surface area contributed by atoms with Gasteiger partial charge in [-0.3, -0.25) is 4.90 Å². The summed E-state index contributed by atoms with van der Waals surface area (Å²) in [7, 11) is 0. The van der Waals surface area contributed by atoms with E-state index in [1.165, 1.54) is 4.90 Å². The molecular formula is C24H26F2N4O2. The first-order valence-electron chi connectivity index (χ1n) is 10.6. The quantitative estimate of drug-likeness (QED) is 0.543. The van der Waals surface area contributed by atoms with Crippen LogP contribution in [0.1, 0.15) is 50.1 Å². The fourth-order valence-corrected chi connectivity index (χ4v) is 4.55. The monoisotopic (exact) mass is 440 g/mol. The number of para-hydroxylation sites is 1. The fraction of sp³-hybridized carbons (Fsp3) is 0.333. The third-order valence-corrected chi connectivity index (χ3v) is 6.30. The summed E-state index contributed by atoms with van der Waals surface area (Å²) in [4.78, 5) is 13.2. The number of fused-ring (bicyclic) bond motifs is 1. The highest BCUT2D eigenvalue weighted by atomic mass is 19.1. The predicted octanol–water partition coefficient (Wildman–Crippen LogP) is 5.25. The molecule has 1 aliphatic rings. The highest BCUT2D eigenvalue weighted by molar-refractivity contribution is 5.75. The molecule has 0 atom stereocenters. The van der Waals surface area contributed by atoms with Crippen LogP contribution in [0.2, 0.25) is 0 Å². The predicted molar refractivity (Wildman–Crippen MR) is 119 cm³/mol. The van der Waals surface area contributed by atoms with Crippen molar-refractivity contribution >= 4 is 11.8 Å². The molecule has 2 heterocycles. The van der Waals surface area contributed by atoms with Gasteiger partial charge in [-0.2, -0.15) is 5.10 Å². The molecule has 3 aromatic rings. The van der Waals surface area contributed by atoms with Crippen LogP contribution in [0.5, 0.6) is 0 Å². The van der Waals surface area contributed by atoms with Crippen molar-refractivity contribution in [3.8, 4) is 16.9 Å². The zero-order valence-corrected chi connectivity index (χ0v) is 18.5. The van der Waals surface area contributed by atoms with Crippen molar-refractivity contribution in [1.29, 1.82) is 0 Å². The number of hydrogen-bond donors (Lipinski definition) is 2. The molecule has 2 aromatic carbocycles. The molecule has 8 heteroatoms. The maximum Gasteiger partial charge on any atom is 0.408 e. The third kappa shape index (κ3) is 3.13. The largest absolute Gasteiger partial charge is 0.465 e. The lowest BCUT2D eigenvalue weighted by Gasteiger charge is -2.29. The molecule has 1 amide bonds. The zero-order valence-electron chi connectivity index (χ0n) is 18.5. The lowest BCUT2D eigenvalue weighted by molar-refractivity contribution is 0.0975. The molecular weight excluding hydrogens is 414 g/mol. The Bertz CT molecular complexity index is 1210. The van der Waals surface area contributed by atoms with Crippen LogP contribution in [0.25, 0.3) is 16.9 Å². The van der Waals surface area contributed by atoms with E-state index in [9.17, 15) is 14.3 Å². The molecule has 0 saturated carbocycles. The molecule has 0 fully saturated rings. The van der Waals surface area contributed by atoms with Crippen molar-refractivity contribution in [3.63, 3.8) is 0 Å². The molecule has 0 unspecified atom stereocenters. The summed E-state index contributed by atoms with van der Waals surface area (Å²) in [5.41, 5.74) is 8.64. The number of amides is 1. The van der Waals surface area contributed by atoms with Crippen LogP contribution >= 0.6 is 0 Å². The smallest absolute Gasteiger partial charge is 0.408 e. The first-order valence-corrected chi connectivity index (χ1v) is 10.6. The molecule has 0 bridgehead atoms.